The maximum absolute atomic E-state index is 8.89. The number of anilines is 1. The van der Waals surface area contributed by atoms with Crippen molar-refractivity contribution in [3.8, 4) is 6.07 Å². The van der Waals surface area contributed by atoms with E-state index in [1.807, 2.05) is 20.2 Å². The lowest BCUT2D eigenvalue weighted by molar-refractivity contribution is 0.425. The van der Waals surface area contributed by atoms with Crippen molar-refractivity contribution in [2.24, 2.45) is 0 Å². The Labute approximate surface area is 95.3 Å². The molecular formula is C11H14ClN3. The average molecular weight is 224 g/mol. The van der Waals surface area contributed by atoms with Gasteiger partial charge in [0.2, 0.25) is 0 Å². The van der Waals surface area contributed by atoms with E-state index >= 15 is 0 Å². The molecule has 0 bridgehead atoms. The number of likely N-dealkylation sites (N-methyl/N-ethyl adjacent to an activating group) is 1. The van der Waals surface area contributed by atoms with E-state index in [-0.39, 0.29) is 0 Å². The van der Waals surface area contributed by atoms with Gasteiger partial charge in [-0.25, -0.2) is 0 Å². The zero-order chi connectivity index (χ0) is 11.3. The van der Waals surface area contributed by atoms with Crippen molar-refractivity contribution < 1.29 is 0 Å². The minimum atomic E-state index is 0.584. The van der Waals surface area contributed by atoms with Gasteiger partial charge in [-0.05, 0) is 32.3 Å². The van der Waals surface area contributed by atoms with Crippen molar-refractivity contribution in [2.45, 2.75) is 0 Å². The van der Waals surface area contributed by atoms with Crippen molar-refractivity contribution in [1.29, 1.82) is 5.26 Å². The molecule has 0 heterocycles. The van der Waals surface area contributed by atoms with Crippen molar-refractivity contribution >= 4 is 17.3 Å². The summed E-state index contributed by atoms with van der Waals surface area (Å²) in [5.41, 5.74) is 1.42. The molecule has 0 aromatic heterocycles. The third kappa shape index (κ3) is 3.78. The Balaban J connectivity index is 2.65. The molecular weight excluding hydrogens is 210 g/mol. The number of nitriles is 1. The van der Waals surface area contributed by atoms with Gasteiger partial charge in [-0.15, -0.1) is 0 Å². The highest BCUT2D eigenvalue weighted by Crippen LogP contribution is 2.19. The molecule has 0 aliphatic heterocycles. The molecule has 0 spiro atoms. The van der Waals surface area contributed by atoms with E-state index in [1.54, 1.807) is 12.1 Å². The van der Waals surface area contributed by atoms with Gasteiger partial charge >= 0.3 is 0 Å². The fourth-order valence-corrected chi connectivity index (χ4v) is 1.35. The van der Waals surface area contributed by atoms with Crippen LogP contribution in [0.15, 0.2) is 18.2 Å². The number of nitrogens with zero attached hydrogens (tertiary/aromatic N) is 2. The van der Waals surface area contributed by atoms with Crippen LogP contribution in [0.3, 0.4) is 0 Å². The van der Waals surface area contributed by atoms with Crippen molar-refractivity contribution in [3.63, 3.8) is 0 Å². The monoisotopic (exact) mass is 223 g/mol. The molecule has 0 radical (unpaired) electrons. The van der Waals surface area contributed by atoms with E-state index in [0.29, 0.717) is 10.6 Å². The molecule has 0 atom stereocenters. The number of rotatable bonds is 4. The second kappa shape index (κ2) is 5.59. The smallest absolute Gasteiger partial charge is 0.101 e. The molecule has 15 heavy (non-hydrogen) atoms. The van der Waals surface area contributed by atoms with Crippen LogP contribution >= 0.6 is 11.6 Å². The molecule has 3 nitrogen and oxygen atoms in total. The highest BCUT2D eigenvalue weighted by molar-refractivity contribution is 6.30. The molecule has 4 heteroatoms. The van der Waals surface area contributed by atoms with Crippen LogP contribution in [-0.2, 0) is 0 Å². The first kappa shape index (κ1) is 11.8. The molecule has 80 valence electrons. The van der Waals surface area contributed by atoms with Gasteiger partial charge in [0.15, 0.2) is 0 Å². The molecule has 1 rings (SSSR count). The van der Waals surface area contributed by atoms with Crippen LogP contribution in [0.2, 0.25) is 5.02 Å². The largest absolute Gasteiger partial charge is 0.383 e. The summed E-state index contributed by atoms with van der Waals surface area (Å²) in [6.07, 6.45) is 0. The Hall–Kier alpha value is -1.24. The SMILES string of the molecule is CN(C)CCNc1ccc(Cl)cc1C#N. The molecule has 0 aliphatic rings. The van der Waals surface area contributed by atoms with Gasteiger partial charge in [0.25, 0.3) is 0 Å². The van der Waals surface area contributed by atoms with Gasteiger partial charge < -0.3 is 10.2 Å². The van der Waals surface area contributed by atoms with Gasteiger partial charge in [-0.3, -0.25) is 0 Å². The Bertz CT molecular complexity index is 369. The fraction of sp³-hybridized carbons (Fsp3) is 0.364. The molecule has 0 saturated carbocycles. The zero-order valence-corrected chi connectivity index (χ0v) is 9.67. The highest BCUT2D eigenvalue weighted by atomic mass is 35.5. The Morgan fingerprint density at radius 3 is 2.80 bits per heavy atom. The van der Waals surface area contributed by atoms with E-state index in [9.17, 15) is 0 Å². The van der Waals surface area contributed by atoms with Crippen LogP contribution in [0.1, 0.15) is 5.56 Å². The normalized spacial score (nSPS) is 10.1. The molecule has 0 unspecified atom stereocenters. The average Bonchev–Trinajstić information content (AvgIpc) is 2.19. The summed E-state index contributed by atoms with van der Waals surface area (Å²) in [5.74, 6) is 0. The Morgan fingerprint density at radius 2 is 2.20 bits per heavy atom. The van der Waals surface area contributed by atoms with Crippen LogP contribution in [0.4, 0.5) is 5.69 Å². The first-order valence-electron chi connectivity index (χ1n) is 4.71. The minimum Gasteiger partial charge on any atom is -0.383 e. The van der Waals surface area contributed by atoms with Gasteiger partial charge in [0.1, 0.15) is 6.07 Å². The summed E-state index contributed by atoms with van der Waals surface area (Å²) >= 11 is 5.79. The molecule has 0 amide bonds. The first-order valence-corrected chi connectivity index (χ1v) is 5.09. The fourth-order valence-electron chi connectivity index (χ4n) is 1.18. The summed E-state index contributed by atoms with van der Waals surface area (Å²) < 4.78 is 0. The molecule has 1 N–H and O–H groups in total. The van der Waals surface area contributed by atoms with Crippen LogP contribution in [0, 0.1) is 11.3 Å². The van der Waals surface area contributed by atoms with Gasteiger partial charge in [0.05, 0.1) is 11.3 Å². The standard InChI is InChI=1S/C11H14ClN3/c1-15(2)6-5-14-11-4-3-10(12)7-9(11)8-13/h3-4,7,14H,5-6H2,1-2H3. The number of halogens is 1. The van der Waals surface area contributed by atoms with Gasteiger partial charge in [-0.1, -0.05) is 11.6 Å². The summed E-state index contributed by atoms with van der Waals surface area (Å²) in [6.45, 7) is 1.73. The number of benzene rings is 1. The van der Waals surface area contributed by atoms with Crippen LogP contribution < -0.4 is 5.32 Å². The molecule has 0 aliphatic carbocycles. The highest BCUT2D eigenvalue weighted by Gasteiger charge is 2.01. The lowest BCUT2D eigenvalue weighted by Crippen LogP contribution is -2.21. The lowest BCUT2D eigenvalue weighted by Gasteiger charge is -2.12. The Kier molecular flexibility index (Phi) is 4.41. The van der Waals surface area contributed by atoms with E-state index in [0.717, 1.165) is 18.8 Å². The molecule has 1 aromatic rings. The minimum absolute atomic E-state index is 0.584. The third-order valence-electron chi connectivity index (χ3n) is 1.98. The maximum Gasteiger partial charge on any atom is 0.101 e. The number of nitrogens with one attached hydrogen (secondary N) is 1. The van der Waals surface area contributed by atoms with Crippen LogP contribution in [-0.4, -0.2) is 32.1 Å². The van der Waals surface area contributed by atoms with Crippen molar-refractivity contribution in [2.75, 3.05) is 32.5 Å². The summed E-state index contributed by atoms with van der Waals surface area (Å²) in [6, 6.07) is 7.39. The number of hydrogen-bond donors (Lipinski definition) is 1. The molecule has 0 fully saturated rings. The van der Waals surface area contributed by atoms with Gasteiger partial charge in [-0.2, -0.15) is 5.26 Å². The van der Waals surface area contributed by atoms with Gasteiger partial charge in [0, 0.05) is 18.1 Å². The first-order chi connectivity index (χ1) is 7.13. The topological polar surface area (TPSA) is 39.1 Å². The van der Waals surface area contributed by atoms with Crippen LogP contribution in [0.25, 0.3) is 0 Å². The second-order valence-electron chi connectivity index (χ2n) is 3.53. The quantitative estimate of drug-likeness (QED) is 0.851. The molecule has 1 aromatic carbocycles. The van der Waals surface area contributed by atoms with E-state index in [1.165, 1.54) is 0 Å². The zero-order valence-electron chi connectivity index (χ0n) is 8.92. The van der Waals surface area contributed by atoms with E-state index in [4.69, 9.17) is 16.9 Å². The summed E-state index contributed by atoms with van der Waals surface area (Å²) in [4.78, 5) is 2.08. The lowest BCUT2D eigenvalue weighted by atomic mass is 10.2. The maximum atomic E-state index is 8.89. The van der Waals surface area contributed by atoms with Crippen molar-refractivity contribution in [3.05, 3.63) is 28.8 Å². The summed E-state index contributed by atoms with van der Waals surface area (Å²) in [5, 5.41) is 12.7. The predicted octanol–water partition coefficient (Wildman–Crippen LogP) is 2.19. The summed E-state index contributed by atoms with van der Waals surface area (Å²) in [7, 11) is 4.02. The predicted molar refractivity (Wildman–Crippen MR) is 63.2 cm³/mol. The van der Waals surface area contributed by atoms with Crippen molar-refractivity contribution in [1.82, 2.24) is 4.90 Å². The molecule has 0 saturated heterocycles. The van der Waals surface area contributed by atoms with Crippen LogP contribution in [0.5, 0.6) is 0 Å². The second-order valence-corrected chi connectivity index (χ2v) is 3.97. The Morgan fingerprint density at radius 1 is 1.47 bits per heavy atom. The van der Waals surface area contributed by atoms with E-state index < -0.39 is 0 Å². The third-order valence-corrected chi connectivity index (χ3v) is 2.21. The van der Waals surface area contributed by atoms with E-state index in [2.05, 4.69) is 16.3 Å². The number of hydrogen-bond acceptors (Lipinski definition) is 3.